The third-order valence-electron chi connectivity index (χ3n) is 3.13. The first-order valence-corrected chi connectivity index (χ1v) is 6.06. The summed E-state index contributed by atoms with van der Waals surface area (Å²) in [7, 11) is 0. The first-order valence-electron chi connectivity index (χ1n) is 6.06. The van der Waals surface area contributed by atoms with Gasteiger partial charge in [0.15, 0.2) is 0 Å². The van der Waals surface area contributed by atoms with Crippen LogP contribution in [-0.2, 0) is 0 Å². The van der Waals surface area contributed by atoms with Crippen molar-refractivity contribution >= 4 is 16.7 Å². The Kier molecular flexibility index (Phi) is 2.84. The fourth-order valence-corrected chi connectivity index (χ4v) is 2.07. The largest absolute Gasteiger partial charge is 0.508 e. The molecule has 0 spiro atoms. The molecular formula is C16H11NO3. The second-order valence-corrected chi connectivity index (χ2v) is 4.48. The number of aromatic carboxylic acids is 1. The van der Waals surface area contributed by atoms with Gasteiger partial charge in [-0.25, -0.2) is 4.79 Å². The van der Waals surface area contributed by atoms with Crippen LogP contribution in [0.25, 0.3) is 22.0 Å². The Bertz CT molecular complexity index is 794. The van der Waals surface area contributed by atoms with Crippen molar-refractivity contribution in [1.29, 1.82) is 0 Å². The second-order valence-electron chi connectivity index (χ2n) is 4.48. The van der Waals surface area contributed by atoms with Crippen LogP contribution in [0.5, 0.6) is 5.75 Å². The van der Waals surface area contributed by atoms with E-state index in [1.165, 1.54) is 0 Å². The molecule has 0 saturated heterocycles. The van der Waals surface area contributed by atoms with Gasteiger partial charge in [0.1, 0.15) is 5.75 Å². The number of fused-ring (bicyclic) bond motifs is 1. The van der Waals surface area contributed by atoms with Crippen LogP contribution in [-0.4, -0.2) is 21.2 Å². The van der Waals surface area contributed by atoms with Gasteiger partial charge in [-0.2, -0.15) is 0 Å². The molecule has 0 aliphatic heterocycles. The molecule has 0 aliphatic carbocycles. The van der Waals surface area contributed by atoms with Crippen molar-refractivity contribution in [2.24, 2.45) is 0 Å². The van der Waals surface area contributed by atoms with E-state index in [0.29, 0.717) is 0 Å². The van der Waals surface area contributed by atoms with Gasteiger partial charge in [0.05, 0.1) is 11.3 Å². The summed E-state index contributed by atoms with van der Waals surface area (Å²) < 4.78 is 0. The molecule has 4 heteroatoms. The van der Waals surface area contributed by atoms with E-state index < -0.39 is 5.97 Å². The Hall–Kier alpha value is -2.88. The minimum absolute atomic E-state index is 0.206. The van der Waals surface area contributed by atoms with E-state index in [1.54, 1.807) is 42.6 Å². The highest BCUT2D eigenvalue weighted by atomic mass is 16.4. The van der Waals surface area contributed by atoms with Gasteiger partial charge in [-0.1, -0.05) is 18.2 Å². The summed E-state index contributed by atoms with van der Waals surface area (Å²) in [5.74, 6) is -0.739. The van der Waals surface area contributed by atoms with Crippen molar-refractivity contribution in [2.75, 3.05) is 0 Å². The predicted molar refractivity (Wildman–Crippen MR) is 75.8 cm³/mol. The molecule has 0 saturated carbocycles. The third kappa shape index (κ3) is 2.19. The highest BCUT2D eigenvalue weighted by molar-refractivity contribution is 5.89. The first kappa shape index (κ1) is 12.2. The number of nitrogens with zero attached hydrogens (tertiary/aromatic N) is 1. The van der Waals surface area contributed by atoms with E-state index in [9.17, 15) is 9.90 Å². The molecule has 3 rings (SSSR count). The van der Waals surface area contributed by atoms with E-state index in [0.717, 1.165) is 22.0 Å². The number of hydrogen-bond acceptors (Lipinski definition) is 3. The normalized spacial score (nSPS) is 10.6. The fourth-order valence-electron chi connectivity index (χ4n) is 2.07. The Labute approximate surface area is 115 Å². The molecule has 0 radical (unpaired) electrons. The number of phenolic OH excluding ortho intramolecular Hbond substituents is 1. The second kappa shape index (κ2) is 4.66. The van der Waals surface area contributed by atoms with Crippen LogP contribution in [0.2, 0.25) is 0 Å². The highest BCUT2D eigenvalue weighted by Crippen LogP contribution is 2.24. The van der Waals surface area contributed by atoms with Gasteiger partial charge < -0.3 is 10.2 Å². The third-order valence-corrected chi connectivity index (χ3v) is 3.13. The maximum Gasteiger partial charge on any atom is 0.335 e. The predicted octanol–water partition coefficient (Wildman–Crippen LogP) is 3.31. The highest BCUT2D eigenvalue weighted by Gasteiger charge is 2.05. The first-order chi connectivity index (χ1) is 9.63. The summed E-state index contributed by atoms with van der Waals surface area (Å²) in [6.45, 7) is 0. The van der Waals surface area contributed by atoms with Crippen molar-refractivity contribution in [3.63, 3.8) is 0 Å². The fraction of sp³-hybridized carbons (Fsp3) is 0. The Morgan fingerprint density at radius 2 is 1.70 bits per heavy atom. The average molecular weight is 265 g/mol. The van der Waals surface area contributed by atoms with Crippen molar-refractivity contribution in [3.05, 3.63) is 60.3 Å². The smallest absolute Gasteiger partial charge is 0.335 e. The molecule has 3 aromatic rings. The molecule has 0 amide bonds. The molecule has 20 heavy (non-hydrogen) atoms. The molecule has 1 aromatic heterocycles. The lowest BCUT2D eigenvalue weighted by molar-refractivity contribution is 0.0697. The molecule has 4 nitrogen and oxygen atoms in total. The van der Waals surface area contributed by atoms with E-state index in [-0.39, 0.29) is 11.3 Å². The molecule has 0 fully saturated rings. The van der Waals surface area contributed by atoms with Crippen LogP contribution in [0.3, 0.4) is 0 Å². The van der Waals surface area contributed by atoms with E-state index in [4.69, 9.17) is 5.11 Å². The lowest BCUT2D eigenvalue weighted by Gasteiger charge is -2.04. The van der Waals surface area contributed by atoms with E-state index in [2.05, 4.69) is 4.98 Å². The van der Waals surface area contributed by atoms with Gasteiger partial charge in [-0.3, -0.25) is 4.98 Å². The molecule has 0 unspecified atom stereocenters. The zero-order valence-electron chi connectivity index (χ0n) is 10.4. The summed E-state index contributed by atoms with van der Waals surface area (Å²) >= 11 is 0. The van der Waals surface area contributed by atoms with Gasteiger partial charge in [-0.15, -0.1) is 0 Å². The molecule has 2 N–H and O–H groups in total. The van der Waals surface area contributed by atoms with Crippen LogP contribution >= 0.6 is 0 Å². The van der Waals surface area contributed by atoms with Crippen LogP contribution in [0.4, 0.5) is 0 Å². The molecule has 0 bridgehead atoms. The number of benzene rings is 2. The Morgan fingerprint density at radius 3 is 2.40 bits per heavy atom. The number of carboxylic acid groups (broad SMARTS) is 1. The Morgan fingerprint density at radius 1 is 0.950 bits per heavy atom. The van der Waals surface area contributed by atoms with Crippen molar-refractivity contribution < 1.29 is 15.0 Å². The van der Waals surface area contributed by atoms with Crippen molar-refractivity contribution in [2.45, 2.75) is 0 Å². The van der Waals surface area contributed by atoms with E-state index >= 15 is 0 Å². The number of aromatic hydroxyl groups is 1. The summed E-state index contributed by atoms with van der Waals surface area (Å²) in [5, 5.41) is 20.1. The van der Waals surface area contributed by atoms with Gasteiger partial charge >= 0.3 is 5.97 Å². The van der Waals surface area contributed by atoms with Crippen molar-refractivity contribution in [1.82, 2.24) is 4.98 Å². The zero-order chi connectivity index (χ0) is 14.1. The standard InChI is InChI=1S/C16H11NO3/c18-14-6-5-12-8-15(17-9-13(12)7-14)10-1-3-11(4-2-10)16(19)20/h1-9,18H,(H,19,20). The number of rotatable bonds is 2. The number of hydrogen-bond donors (Lipinski definition) is 2. The average Bonchev–Trinajstić information content (AvgIpc) is 2.47. The summed E-state index contributed by atoms with van der Waals surface area (Å²) in [6.07, 6.45) is 1.69. The topological polar surface area (TPSA) is 70.4 Å². The molecular weight excluding hydrogens is 254 g/mol. The molecule has 98 valence electrons. The molecule has 0 atom stereocenters. The van der Waals surface area contributed by atoms with Gasteiger partial charge in [0.2, 0.25) is 0 Å². The van der Waals surface area contributed by atoms with Crippen LogP contribution in [0, 0.1) is 0 Å². The monoisotopic (exact) mass is 265 g/mol. The van der Waals surface area contributed by atoms with Gasteiger partial charge in [0.25, 0.3) is 0 Å². The molecule has 1 heterocycles. The number of pyridine rings is 1. The Balaban J connectivity index is 2.05. The van der Waals surface area contributed by atoms with Crippen LogP contribution in [0.1, 0.15) is 10.4 Å². The van der Waals surface area contributed by atoms with Crippen LogP contribution < -0.4 is 0 Å². The number of phenols is 1. The molecule has 0 aliphatic rings. The lowest BCUT2D eigenvalue weighted by atomic mass is 10.1. The van der Waals surface area contributed by atoms with E-state index in [1.807, 2.05) is 12.1 Å². The zero-order valence-corrected chi connectivity index (χ0v) is 10.4. The number of carbonyl (C=O) groups is 1. The van der Waals surface area contributed by atoms with Gasteiger partial charge in [-0.05, 0) is 35.7 Å². The summed E-state index contributed by atoms with van der Waals surface area (Å²) in [5.41, 5.74) is 1.87. The summed E-state index contributed by atoms with van der Waals surface area (Å²) in [6, 6.07) is 13.6. The SMILES string of the molecule is O=C(O)c1ccc(-c2cc3ccc(O)cc3cn2)cc1. The molecule has 2 aromatic carbocycles. The number of carboxylic acids is 1. The minimum atomic E-state index is -0.946. The lowest BCUT2D eigenvalue weighted by Crippen LogP contribution is -1.95. The van der Waals surface area contributed by atoms with Gasteiger partial charge in [0, 0.05) is 17.1 Å². The summed E-state index contributed by atoms with van der Waals surface area (Å²) in [4.78, 5) is 15.2. The quantitative estimate of drug-likeness (QED) is 0.745. The van der Waals surface area contributed by atoms with Crippen LogP contribution in [0.15, 0.2) is 54.7 Å². The van der Waals surface area contributed by atoms with Crippen molar-refractivity contribution in [3.8, 4) is 17.0 Å². The minimum Gasteiger partial charge on any atom is -0.508 e. The maximum absolute atomic E-state index is 10.8. The number of aromatic nitrogens is 1. The maximum atomic E-state index is 10.8.